The van der Waals surface area contributed by atoms with Crippen LogP contribution in [0.15, 0.2) is 30.7 Å². The van der Waals surface area contributed by atoms with E-state index in [1.807, 2.05) is 39.8 Å². The maximum Gasteiger partial charge on any atom is 0.413 e. The zero-order valence-electron chi connectivity index (χ0n) is 16.6. The lowest BCUT2D eigenvalue weighted by Gasteiger charge is -2.19. The van der Waals surface area contributed by atoms with E-state index in [1.165, 1.54) is 12.8 Å². The second kappa shape index (κ2) is 6.51. The van der Waals surface area contributed by atoms with Gasteiger partial charge in [-0.3, -0.25) is 9.72 Å². The fourth-order valence-corrected chi connectivity index (χ4v) is 3.20. The van der Waals surface area contributed by atoms with Gasteiger partial charge in [-0.05, 0) is 58.4 Å². The predicted octanol–water partition coefficient (Wildman–Crippen LogP) is 4.43. The number of hydrogen-bond acceptors (Lipinski definition) is 5. The number of imidazole rings is 1. The van der Waals surface area contributed by atoms with Gasteiger partial charge in [0.1, 0.15) is 17.1 Å². The van der Waals surface area contributed by atoms with Crippen molar-refractivity contribution >= 4 is 34.0 Å². The molecule has 0 bridgehead atoms. The Morgan fingerprint density at radius 1 is 1.36 bits per heavy atom. The lowest BCUT2D eigenvalue weighted by molar-refractivity contribution is 0.0635. The number of nitrogens with one attached hydrogen (secondary N) is 1. The van der Waals surface area contributed by atoms with Crippen molar-refractivity contribution in [2.24, 2.45) is 5.73 Å². The van der Waals surface area contributed by atoms with E-state index in [1.54, 1.807) is 12.4 Å². The van der Waals surface area contributed by atoms with Gasteiger partial charge in [-0.2, -0.15) is 0 Å². The third-order valence-electron chi connectivity index (χ3n) is 4.74. The first-order valence-electron chi connectivity index (χ1n) is 9.46. The normalized spacial score (nSPS) is 15.2. The van der Waals surface area contributed by atoms with Gasteiger partial charge < -0.3 is 10.5 Å². The van der Waals surface area contributed by atoms with E-state index in [9.17, 15) is 4.79 Å². The number of anilines is 1. The maximum atomic E-state index is 12.1. The van der Waals surface area contributed by atoms with E-state index in [0.29, 0.717) is 11.7 Å². The van der Waals surface area contributed by atoms with Crippen LogP contribution in [0, 0.1) is 0 Å². The summed E-state index contributed by atoms with van der Waals surface area (Å²) in [6.45, 7) is 7.44. The van der Waals surface area contributed by atoms with Crippen molar-refractivity contribution in [1.82, 2.24) is 14.4 Å². The fraction of sp³-hybridized carbons (Fsp3) is 0.381. The Hall–Kier alpha value is -3.09. The molecule has 0 saturated heterocycles. The summed E-state index contributed by atoms with van der Waals surface area (Å²) in [5, 5.41) is 3.65. The lowest BCUT2D eigenvalue weighted by Crippen LogP contribution is -2.27. The molecule has 1 aliphatic carbocycles. The average Bonchev–Trinajstić information content (AvgIpc) is 3.37. The molecule has 1 aliphatic rings. The number of ether oxygens (including phenoxy) is 1. The van der Waals surface area contributed by atoms with Gasteiger partial charge in [0.25, 0.3) is 0 Å². The van der Waals surface area contributed by atoms with E-state index in [-0.39, 0.29) is 0 Å². The lowest BCUT2D eigenvalue weighted by atomic mass is 10.1. The number of nitrogens with zero attached hydrogens (tertiary/aromatic N) is 3. The largest absolute Gasteiger partial charge is 0.444 e. The van der Waals surface area contributed by atoms with E-state index in [4.69, 9.17) is 15.5 Å². The Balaban J connectivity index is 1.81. The molecular formula is C21H25N5O2. The summed E-state index contributed by atoms with van der Waals surface area (Å²) in [6, 6.07) is 3.88. The highest BCUT2D eigenvalue weighted by atomic mass is 16.6. The molecule has 1 fully saturated rings. The first kappa shape index (κ1) is 18.3. The van der Waals surface area contributed by atoms with Gasteiger partial charge in [0.2, 0.25) is 0 Å². The molecule has 0 unspecified atom stereocenters. The summed E-state index contributed by atoms with van der Waals surface area (Å²) in [7, 11) is 0. The van der Waals surface area contributed by atoms with E-state index < -0.39 is 11.7 Å². The number of nitrogens with two attached hydrogens (primary N) is 1. The Labute approximate surface area is 163 Å². The zero-order valence-corrected chi connectivity index (χ0v) is 16.6. The maximum absolute atomic E-state index is 12.1. The molecule has 3 aromatic rings. The van der Waals surface area contributed by atoms with Crippen LogP contribution in [0.5, 0.6) is 0 Å². The van der Waals surface area contributed by atoms with Crippen molar-refractivity contribution in [1.29, 1.82) is 0 Å². The van der Waals surface area contributed by atoms with Crippen LogP contribution in [-0.4, -0.2) is 26.1 Å². The highest BCUT2D eigenvalue weighted by Crippen LogP contribution is 2.40. The molecule has 7 heteroatoms. The Morgan fingerprint density at radius 2 is 2.11 bits per heavy atom. The molecule has 7 nitrogen and oxygen atoms in total. The number of allylic oxidation sites excluding steroid dienone is 1. The quantitative estimate of drug-likeness (QED) is 0.702. The summed E-state index contributed by atoms with van der Waals surface area (Å²) >= 11 is 0. The summed E-state index contributed by atoms with van der Waals surface area (Å²) in [5.41, 5.74) is 10.0. The summed E-state index contributed by atoms with van der Waals surface area (Å²) in [5.74, 6) is 0.967. The van der Waals surface area contributed by atoms with Crippen molar-refractivity contribution in [3.05, 3.63) is 42.0 Å². The molecule has 1 saturated carbocycles. The number of aromatic nitrogens is 3. The molecule has 146 valence electrons. The Morgan fingerprint density at radius 3 is 2.75 bits per heavy atom. The molecule has 0 atom stereocenters. The van der Waals surface area contributed by atoms with Gasteiger partial charge in [-0.15, -0.1) is 0 Å². The second-order valence-electron chi connectivity index (χ2n) is 8.30. The summed E-state index contributed by atoms with van der Waals surface area (Å²) in [4.78, 5) is 21.3. The van der Waals surface area contributed by atoms with Crippen LogP contribution in [0.1, 0.15) is 57.7 Å². The van der Waals surface area contributed by atoms with Crippen LogP contribution in [0.25, 0.3) is 22.1 Å². The standard InChI is InChI=1S/C21H25N5O2/c1-12(9-22)15-7-14-10-23-18(25-20(27)28-21(2,3)4)8-17(14)26-11-16(13-5-6-13)24-19(15)26/h7-11,13H,5-6,22H2,1-4H3,(H,23,25,27)/b12-9+. The smallest absolute Gasteiger partial charge is 0.413 e. The molecule has 3 N–H and O–H groups in total. The fourth-order valence-electron chi connectivity index (χ4n) is 3.20. The molecule has 0 spiro atoms. The van der Waals surface area contributed by atoms with Gasteiger partial charge in [-0.25, -0.2) is 14.8 Å². The van der Waals surface area contributed by atoms with Crippen LogP contribution < -0.4 is 11.1 Å². The molecule has 28 heavy (non-hydrogen) atoms. The number of fused-ring (bicyclic) bond motifs is 3. The minimum absolute atomic E-state index is 0.434. The first-order chi connectivity index (χ1) is 13.2. The van der Waals surface area contributed by atoms with Crippen LogP contribution in [0.4, 0.5) is 10.6 Å². The molecule has 0 aliphatic heterocycles. The van der Waals surface area contributed by atoms with Gasteiger partial charge in [0.15, 0.2) is 0 Å². The minimum Gasteiger partial charge on any atom is -0.444 e. The van der Waals surface area contributed by atoms with Gasteiger partial charge in [-0.1, -0.05) is 0 Å². The average molecular weight is 379 g/mol. The molecule has 0 aromatic carbocycles. The van der Waals surface area contributed by atoms with E-state index in [2.05, 4.69) is 20.9 Å². The van der Waals surface area contributed by atoms with Crippen LogP contribution in [0.3, 0.4) is 0 Å². The number of hydrogen-bond donors (Lipinski definition) is 2. The van der Waals surface area contributed by atoms with Crippen molar-refractivity contribution in [3.8, 4) is 0 Å². The molecule has 4 rings (SSSR count). The number of rotatable bonds is 3. The number of amides is 1. The minimum atomic E-state index is -0.571. The Kier molecular flexibility index (Phi) is 4.25. The highest BCUT2D eigenvalue weighted by Gasteiger charge is 2.27. The molecule has 1 amide bonds. The third-order valence-corrected chi connectivity index (χ3v) is 4.74. The van der Waals surface area contributed by atoms with Crippen molar-refractivity contribution in [2.45, 2.75) is 52.1 Å². The molecule has 0 radical (unpaired) electrons. The van der Waals surface area contributed by atoms with Crippen molar-refractivity contribution in [3.63, 3.8) is 0 Å². The zero-order chi connectivity index (χ0) is 20.1. The van der Waals surface area contributed by atoms with Crippen molar-refractivity contribution < 1.29 is 9.53 Å². The summed E-state index contributed by atoms with van der Waals surface area (Å²) < 4.78 is 7.38. The predicted molar refractivity (Wildman–Crippen MR) is 110 cm³/mol. The molecule has 3 aromatic heterocycles. The monoisotopic (exact) mass is 379 g/mol. The van der Waals surface area contributed by atoms with Crippen LogP contribution in [0.2, 0.25) is 0 Å². The number of pyridine rings is 2. The van der Waals surface area contributed by atoms with Gasteiger partial charge in [0, 0.05) is 35.3 Å². The SMILES string of the molecule is C/C(=C\N)c1cc2cnc(NC(=O)OC(C)(C)C)cc2n2cc(C3CC3)nc12. The van der Waals surface area contributed by atoms with Gasteiger partial charge >= 0.3 is 6.09 Å². The number of carbonyl (C=O) groups excluding carboxylic acids is 1. The van der Waals surface area contributed by atoms with Crippen LogP contribution >= 0.6 is 0 Å². The molecule has 3 heterocycles. The van der Waals surface area contributed by atoms with E-state index >= 15 is 0 Å². The summed E-state index contributed by atoms with van der Waals surface area (Å²) in [6.07, 6.45) is 7.24. The topological polar surface area (TPSA) is 94.5 Å². The first-order valence-corrected chi connectivity index (χ1v) is 9.46. The molecular weight excluding hydrogens is 354 g/mol. The van der Waals surface area contributed by atoms with Crippen molar-refractivity contribution in [2.75, 3.05) is 5.32 Å². The van der Waals surface area contributed by atoms with Crippen LogP contribution in [-0.2, 0) is 4.74 Å². The third kappa shape index (κ3) is 3.52. The number of carbonyl (C=O) groups is 1. The second-order valence-corrected chi connectivity index (χ2v) is 8.30. The highest BCUT2D eigenvalue weighted by molar-refractivity contribution is 5.92. The van der Waals surface area contributed by atoms with E-state index in [0.717, 1.165) is 33.4 Å². The van der Waals surface area contributed by atoms with Gasteiger partial charge in [0.05, 0.1) is 11.2 Å². The Bertz CT molecular complexity index is 1100.